The molecule has 0 aromatic heterocycles. The Morgan fingerprint density at radius 3 is 2.38 bits per heavy atom. The quantitative estimate of drug-likeness (QED) is 0.428. The molecule has 0 fully saturated rings. The van der Waals surface area contributed by atoms with E-state index in [-0.39, 0.29) is 29.6 Å². The molecule has 2 atom stereocenters. The Balaban J connectivity index is 0.00000144. The molecule has 0 spiro atoms. The zero-order chi connectivity index (χ0) is 9.30. The Hall–Kier alpha value is 0.288. The number of aliphatic hydroxyl groups is 3. The monoisotopic (exact) mass is 260 g/mol. The van der Waals surface area contributed by atoms with Crippen LogP contribution in [-0.4, -0.2) is 47.8 Å². The average Bonchev–Trinajstić information content (AvgIpc) is 2.32. The van der Waals surface area contributed by atoms with E-state index in [2.05, 4.69) is 3.73 Å². The summed E-state index contributed by atoms with van der Waals surface area (Å²) in [5.74, 6) is -1.96. The van der Waals surface area contributed by atoms with Gasteiger partial charge in [0.2, 0.25) is 0 Å². The molecule has 0 radical (unpaired) electrons. The molecule has 1 rings (SSSR count). The Kier molecular flexibility index (Phi) is 5.36. The van der Waals surface area contributed by atoms with Crippen LogP contribution in [0.1, 0.15) is 0 Å². The van der Waals surface area contributed by atoms with Crippen molar-refractivity contribution in [1.29, 1.82) is 0 Å². The molecule has 0 aromatic carbocycles. The molecule has 3 N–H and O–H groups in total. The van der Waals surface area contributed by atoms with Gasteiger partial charge < -0.3 is 0 Å². The topological polar surface area (TPSA) is 110 Å². The van der Waals surface area contributed by atoms with Crippen LogP contribution in [0.4, 0.5) is 0 Å². The minimum Gasteiger partial charge on any atom is 1.00 e. The van der Waals surface area contributed by atoms with Crippen molar-refractivity contribution >= 4 is 21.0 Å². The summed E-state index contributed by atoms with van der Waals surface area (Å²) in [4.78, 5) is 9.17. The van der Waals surface area contributed by atoms with Crippen LogP contribution in [0.5, 0.6) is 0 Å². The van der Waals surface area contributed by atoms with E-state index in [0.29, 0.717) is 0 Å². The fourth-order valence-corrected chi connectivity index (χ4v) is 3.14. The predicted octanol–water partition coefficient (Wildman–Crippen LogP) is -5.33. The minimum atomic E-state index is -2.88. The molecular formula is C5H6AsNaO6. The summed E-state index contributed by atoms with van der Waals surface area (Å²) in [6.07, 6.45) is 0. The Morgan fingerprint density at radius 1 is 1.54 bits per heavy atom. The van der Waals surface area contributed by atoms with Crippen molar-refractivity contribution in [3.63, 3.8) is 0 Å². The van der Waals surface area contributed by atoms with Crippen LogP contribution < -0.4 is 34.7 Å². The van der Waals surface area contributed by atoms with Gasteiger partial charge in [-0.3, -0.25) is 0 Å². The second-order valence-corrected chi connectivity index (χ2v) is 5.91. The fourth-order valence-electron chi connectivity index (χ4n) is 0.641. The molecule has 0 saturated heterocycles. The first-order valence-corrected chi connectivity index (χ1v) is 5.76. The maximum atomic E-state index is 10.5. The predicted molar refractivity (Wildman–Crippen MR) is 35.0 cm³/mol. The average molecular weight is 260 g/mol. The van der Waals surface area contributed by atoms with Crippen molar-refractivity contribution < 1.29 is 58.5 Å². The first-order chi connectivity index (χ1) is 5.57. The third kappa shape index (κ3) is 2.62. The Morgan fingerprint density at radius 2 is 2.08 bits per heavy atom. The van der Waals surface area contributed by atoms with Crippen LogP contribution in [0.15, 0.2) is 10.3 Å². The molecule has 68 valence electrons. The van der Waals surface area contributed by atoms with Crippen LogP contribution in [0.25, 0.3) is 0 Å². The summed E-state index contributed by atoms with van der Waals surface area (Å²) in [6, 6.07) is 0. The van der Waals surface area contributed by atoms with Crippen molar-refractivity contribution in [2.45, 2.75) is 4.89 Å². The van der Waals surface area contributed by atoms with E-state index in [9.17, 15) is 9.90 Å². The van der Waals surface area contributed by atoms with Crippen molar-refractivity contribution in [2.24, 2.45) is 0 Å². The number of hydrogen-bond donors (Lipinski definition) is 3. The molecule has 0 amide bonds. The first kappa shape index (κ1) is 13.3. The second kappa shape index (κ2) is 5.24. The summed E-state index contributed by atoms with van der Waals surface area (Å²) in [7, 11) is 0. The van der Waals surface area contributed by atoms with E-state index in [1.54, 1.807) is 0 Å². The smallest absolute Gasteiger partial charge is 1.00 e. The van der Waals surface area contributed by atoms with E-state index in [0.717, 1.165) is 0 Å². The van der Waals surface area contributed by atoms with Gasteiger partial charge in [-0.1, -0.05) is 0 Å². The van der Waals surface area contributed by atoms with Crippen LogP contribution in [0, 0.1) is 0 Å². The molecule has 0 saturated carbocycles. The molecule has 0 aliphatic carbocycles. The van der Waals surface area contributed by atoms with Crippen LogP contribution >= 0.6 is 0 Å². The summed E-state index contributed by atoms with van der Waals surface area (Å²) < 4.78 is 3.78. The van der Waals surface area contributed by atoms with E-state index >= 15 is 0 Å². The number of carbonyl (C=O) groups excluding carboxylic acids is 1. The molecule has 1 unspecified atom stereocenters. The number of rotatable bonds is 2. The van der Waals surface area contributed by atoms with Crippen molar-refractivity contribution in [2.75, 3.05) is 6.61 Å². The van der Waals surface area contributed by atoms with Crippen LogP contribution in [0.3, 0.4) is 0 Å². The van der Waals surface area contributed by atoms with Gasteiger partial charge in [0, 0.05) is 0 Å². The van der Waals surface area contributed by atoms with Gasteiger partial charge in [-0.25, -0.2) is 0 Å². The van der Waals surface area contributed by atoms with Crippen molar-refractivity contribution in [3.05, 3.63) is 10.3 Å². The maximum Gasteiger partial charge on any atom is 1.00 e. The number of aliphatic hydroxyl groups excluding tert-OH is 3. The summed E-state index contributed by atoms with van der Waals surface area (Å²) >= 11 is -2.88. The summed E-state index contributed by atoms with van der Waals surface area (Å²) in [5.41, 5.74) is 0. The Bertz CT molecular complexity index is 241. The number of carbonyl (C=O) groups is 1. The second-order valence-electron chi connectivity index (χ2n) is 2.02. The van der Waals surface area contributed by atoms with Gasteiger partial charge in [-0.05, 0) is 0 Å². The largest absolute Gasteiger partial charge is 1.00 e. The molecule has 1 heterocycles. The third-order valence-electron chi connectivity index (χ3n) is 1.21. The SMILES string of the molecule is O=C1O[As]([C@H](O)C[O-])C(O)=C1O.[Na+]. The summed E-state index contributed by atoms with van der Waals surface area (Å²) in [5, 5.41) is 36.8. The van der Waals surface area contributed by atoms with E-state index in [4.69, 9.17) is 15.3 Å². The van der Waals surface area contributed by atoms with Gasteiger partial charge in [-0.15, -0.1) is 0 Å². The number of hydrogen-bond acceptors (Lipinski definition) is 6. The van der Waals surface area contributed by atoms with Crippen molar-refractivity contribution in [3.8, 4) is 0 Å². The third-order valence-corrected chi connectivity index (χ3v) is 4.74. The first-order valence-electron chi connectivity index (χ1n) is 2.97. The zero-order valence-electron chi connectivity index (χ0n) is 6.80. The fraction of sp³-hybridized carbons (Fsp3) is 0.400. The molecule has 13 heavy (non-hydrogen) atoms. The molecule has 1 aliphatic heterocycles. The minimum absolute atomic E-state index is 0. The van der Waals surface area contributed by atoms with Gasteiger partial charge >= 0.3 is 101 Å². The molecular weight excluding hydrogens is 254 g/mol. The molecule has 8 heteroatoms. The van der Waals surface area contributed by atoms with Gasteiger partial charge in [0.15, 0.2) is 0 Å². The van der Waals surface area contributed by atoms with Crippen LogP contribution in [-0.2, 0) is 8.52 Å². The van der Waals surface area contributed by atoms with Gasteiger partial charge in [0.05, 0.1) is 0 Å². The molecule has 0 bridgehead atoms. The summed E-state index contributed by atoms with van der Waals surface area (Å²) in [6.45, 7) is -0.857. The van der Waals surface area contributed by atoms with E-state index in [1.807, 2.05) is 0 Å². The molecule has 1 aliphatic rings. The standard InChI is InChI=1S/C5H6AsO6.Na/c7-1-2(8)6-4(10)3(9)5(11)12-6;/h2,8-10H,1H2;/q-1;+1/t2-,6?;/m1./s1. The van der Waals surface area contributed by atoms with E-state index in [1.165, 1.54) is 0 Å². The zero-order valence-corrected chi connectivity index (χ0v) is 10.7. The van der Waals surface area contributed by atoms with E-state index < -0.39 is 42.8 Å². The van der Waals surface area contributed by atoms with Crippen LogP contribution in [0.2, 0.25) is 0 Å². The normalized spacial score (nSPS) is 23.8. The van der Waals surface area contributed by atoms with Crippen molar-refractivity contribution in [1.82, 2.24) is 0 Å². The molecule has 6 nitrogen and oxygen atoms in total. The molecule has 0 aromatic rings. The maximum absolute atomic E-state index is 10.5. The van der Waals surface area contributed by atoms with Gasteiger partial charge in [-0.2, -0.15) is 0 Å². The Labute approximate surface area is 101 Å². The van der Waals surface area contributed by atoms with Gasteiger partial charge in [0.25, 0.3) is 0 Å². The van der Waals surface area contributed by atoms with Gasteiger partial charge in [0.1, 0.15) is 0 Å².